The Hall–Kier alpha value is -1.37. The van der Waals surface area contributed by atoms with Gasteiger partial charge in [-0.1, -0.05) is 17.7 Å². The highest BCUT2D eigenvalue weighted by molar-refractivity contribution is 6.34. The molecule has 0 aliphatic carbocycles. The second-order valence-electron chi connectivity index (χ2n) is 4.50. The third-order valence-corrected chi connectivity index (χ3v) is 3.37. The number of piperazine rings is 1. The summed E-state index contributed by atoms with van der Waals surface area (Å²) in [4.78, 5) is 24.4. The molecule has 2 rings (SSSR count). The monoisotopic (exact) mass is 319 g/mol. The van der Waals surface area contributed by atoms with Crippen LogP contribution in [0.15, 0.2) is 18.2 Å². The van der Waals surface area contributed by atoms with E-state index in [0.717, 1.165) is 0 Å². The van der Waals surface area contributed by atoms with E-state index < -0.39 is 4.92 Å². The summed E-state index contributed by atoms with van der Waals surface area (Å²) in [6.07, 6.45) is 0. The van der Waals surface area contributed by atoms with Crippen LogP contribution in [0.5, 0.6) is 0 Å². The Morgan fingerprint density at radius 2 is 2.25 bits per heavy atom. The molecule has 8 heteroatoms. The van der Waals surface area contributed by atoms with Crippen LogP contribution in [0.2, 0.25) is 5.02 Å². The van der Waals surface area contributed by atoms with Crippen molar-refractivity contribution >= 4 is 35.6 Å². The second kappa shape index (κ2) is 6.88. The molecular weight excluding hydrogens is 305 g/mol. The Morgan fingerprint density at radius 1 is 1.55 bits per heavy atom. The number of nitrogens with one attached hydrogen (secondary N) is 1. The summed E-state index contributed by atoms with van der Waals surface area (Å²) >= 11 is 5.96. The van der Waals surface area contributed by atoms with Gasteiger partial charge in [-0.05, 0) is 13.0 Å². The summed E-state index contributed by atoms with van der Waals surface area (Å²) < 4.78 is 0. The average molecular weight is 320 g/mol. The number of nitro groups is 1. The Morgan fingerprint density at radius 3 is 2.85 bits per heavy atom. The van der Waals surface area contributed by atoms with Gasteiger partial charge >= 0.3 is 0 Å². The number of nitro benzene ring substituents is 1. The smallest absolute Gasteiger partial charge is 0.283 e. The van der Waals surface area contributed by atoms with Gasteiger partial charge in [0.25, 0.3) is 11.6 Å². The van der Waals surface area contributed by atoms with Crippen LogP contribution in [0.3, 0.4) is 0 Å². The van der Waals surface area contributed by atoms with Crippen LogP contribution in [-0.2, 0) is 0 Å². The maximum Gasteiger partial charge on any atom is 0.283 e. The Kier molecular flexibility index (Phi) is 5.74. The van der Waals surface area contributed by atoms with Gasteiger partial charge in [-0.15, -0.1) is 12.4 Å². The summed E-state index contributed by atoms with van der Waals surface area (Å²) in [5.74, 6) is -0.384. The molecule has 1 aromatic carbocycles. The molecule has 0 spiro atoms. The molecule has 1 fully saturated rings. The average Bonchev–Trinajstić information content (AvgIpc) is 2.37. The van der Waals surface area contributed by atoms with Crippen LogP contribution in [0.4, 0.5) is 5.69 Å². The predicted molar refractivity (Wildman–Crippen MR) is 78.7 cm³/mol. The van der Waals surface area contributed by atoms with Gasteiger partial charge in [0, 0.05) is 31.7 Å². The van der Waals surface area contributed by atoms with E-state index in [0.29, 0.717) is 19.6 Å². The molecule has 1 atom stereocenters. The van der Waals surface area contributed by atoms with Gasteiger partial charge in [-0.3, -0.25) is 14.9 Å². The molecule has 0 aromatic heterocycles. The number of carbonyl (C=O) groups is 1. The Balaban J connectivity index is 0.00000200. The molecule has 110 valence electrons. The van der Waals surface area contributed by atoms with Crippen LogP contribution in [0, 0.1) is 10.1 Å². The number of rotatable bonds is 2. The molecule has 1 aromatic rings. The summed E-state index contributed by atoms with van der Waals surface area (Å²) in [6, 6.07) is 4.43. The normalized spacial score (nSPS) is 18.3. The number of halogens is 2. The van der Waals surface area contributed by atoms with Gasteiger partial charge in [0.05, 0.1) is 9.95 Å². The minimum atomic E-state index is -0.579. The van der Waals surface area contributed by atoms with E-state index in [1.54, 1.807) is 4.90 Å². The summed E-state index contributed by atoms with van der Waals surface area (Å²) in [7, 11) is 0. The molecule has 20 heavy (non-hydrogen) atoms. The first-order valence-corrected chi connectivity index (χ1v) is 6.34. The van der Waals surface area contributed by atoms with Crippen molar-refractivity contribution in [3.63, 3.8) is 0 Å². The number of hydrogen-bond donors (Lipinski definition) is 1. The first kappa shape index (κ1) is 16.7. The lowest BCUT2D eigenvalue weighted by atomic mass is 10.1. The molecule has 0 radical (unpaired) electrons. The number of nitrogens with zero attached hydrogens (tertiary/aromatic N) is 2. The van der Waals surface area contributed by atoms with Crippen molar-refractivity contribution in [3.05, 3.63) is 38.9 Å². The van der Waals surface area contributed by atoms with Crippen molar-refractivity contribution in [3.8, 4) is 0 Å². The van der Waals surface area contributed by atoms with Crippen molar-refractivity contribution in [1.29, 1.82) is 0 Å². The van der Waals surface area contributed by atoms with Gasteiger partial charge in [-0.2, -0.15) is 0 Å². The minimum absolute atomic E-state index is 0. The van der Waals surface area contributed by atoms with Crippen molar-refractivity contribution in [2.75, 3.05) is 19.6 Å². The maximum atomic E-state index is 12.4. The largest absolute Gasteiger partial charge is 0.336 e. The third-order valence-electron chi connectivity index (χ3n) is 3.06. The van der Waals surface area contributed by atoms with Crippen LogP contribution < -0.4 is 5.32 Å². The lowest BCUT2D eigenvalue weighted by Crippen LogP contribution is -2.51. The van der Waals surface area contributed by atoms with E-state index in [4.69, 9.17) is 11.6 Å². The Bertz CT molecular complexity index is 525. The van der Waals surface area contributed by atoms with Crippen LogP contribution in [-0.4, -0.2) is 41.4 Å². The number of benzene rings is 1. The van der Waals surface area contributed by atoms with Crippen LogP contribution in [0.1, 0.15) is 17.3 Å². The topological polar surface area (TPSA) is 75.5 Å². The first-order valence-electron chi connectivity index (χ1n) is 5.96. The molecule has 0 saturated carbocycles. The SMILES string of the molecule is CC1CN(C(=O)c2c(Cl)cccc2[N+](=O)[O-])CCN1.Cl. The van der Waals surface area contributed by atoms with Crippen molar-refractivity contribution < 1.29 is 9.72 Å². The number of carbonyl (C=O) groups excluding carboxylic acids is 1. The molecule has 1 aliphatic rings. The minimum Gasteiger partial charge on any atom is -0.336 e. The van der Waals surface area contributed by atoms with E-state index in [1.807, 2.05) is 6.92 Å². The zero-order chi connectivity index (χ0) is 14.0. The van der Waals surface area contributed by atoms with Gasteiger partial charge in [0.15, 0.2) is 0 Å². The lowest BCUT2D eigenvalue weighted by Gasteiger charge is -2.32. The third kappa shape index (κ3) is 3.39. The lowest BCUT2D eigenvalue weighted by molar-refractivity contribution is -0.385. The van der Waals surface area contributed by atoms with Gasteiger partial charge < -0.3 is 10.2 Å². The van der Waals surface area contributed by atoms with Crippen LogP contribution >= 0.6 is 24.0 Å². The molecule has 1 saturated heterocycles. The zero-order valence-electron chi connectivity index (χ0n) is 10.8. The van der Waals surface area contributed by atoms with Gasteiger partial charge in [0.1, 0.15) is 5.56 Å². The second-order valence-corrected chi connectivity index (χ2v) is 4.90. The molecule has 6 nitrogen and oxygen atoms in total. The van der Waals surface area contributed by atoms with Crippen molar-refractivity contribution in [1.82, 2.24) is 10.2 Å². The highest BCUT2D eigenvalue weighted by atomic mass is 35.5. The van der Waals surface area contributed by atoms with Crippen LogP contribution in [0.25, 0.3) is 0 Å². The van der Waals surface area contributed by atoms with Crippen molar-refractivity contribution in [2.24, 2.45) is 0 Å². The van der Waals surface area contributed by atoms with E-state index in [-0.39, 0.29) is 40.6 Å². The highest BCUT2D eigenvalue weighted by Crippen LogP contribution is 2.27. The standard InChI is InChI=1S/C12H14ClN3O3.ClH/c1-8-7-15(6-5-14-8)12(17)11-9(13)3-2-4-10(11)16(18)19;/h2-4,8,14H,5-7H2,1H3;1H. The molecular formula is C12H15Cl2N3O3. The molecule has 1 N–H and O–H groups in total. The Labute approximate surface area is 127 Å². The van der Waals surface area contributed by atoms with E-state index in [9.17, 15) is 14.9 Å². The molecule has 1 heterocycles. The number of hydrogen-bond acceptors (Lipinski definition) is 4. The number of amides is 1. The fourth-order valence-electron chi connectivity index (χ4n) is 2.15. The molecule has 0 bridgehead atoms. The zero-order valence-corrected chi connectivity index (χ0v) is 12.4. The van der Waals surface area contributed by atoms with E-state index in [1.165, 1.54) is 18.2 Å². The summed E-state index contributed by atoms with van der Waals surface area (Å²) in [5.41, 5.74) is -0.271. The van der Waals surface area contributed by atoms with Gasteiger partial charge in [-0.25, -0.2) is 0 Å². The molecule has 1 unspecified atom stereocenters. The highest BCUT2D eigenvalue weighted by Gasteiger charge is 2.29. The molecule has 1 amide bonds. The maximum absolute atomic E-state index is 12.4. The fourth-order valence-corrected chi connectivity index (χ4v) is 2.40. The predicted octanol–water partition coefficient (Wildman–Crippen LogP) is 2.10. The first-order chi connectivity index (χ1) is 9.00. The van der Waals surface area contributed by atoms with E-state index in [2.05, 4.69) is 5.32 Å². The quantitative estimate of drug-likeness (QED) is 0.669. The summed E-state index contributed by atoms with van der Waals surface area (Å²) in [5, 5.41) is 14.3. The summed E-state index contributed by atoms with van der Waals surface area (Å²) in [6.45, 7) is 3.67. The fraction of sp³-hybridized carbons (Fsp3) is 0.417. The van der Waals surface area contributed by atoms with Crippen molar-refractivity contribution in [2.45, 2.75) is 13.0 Å². The van der Waals surface area contributed by atoms with E-state index >= 15 is 0 Å². The molecule has 1 aliphatic heterocycles. The van der Waals surface area contributed by atoms with Gasteiger partial charge in [0.2, 0.25) is 0 Å².